The van der Waals surface area contributed by atoms with Gasteiger partial charge >= 0.3 is 0 Å². The Morgan fingerprint density at radius 1 is 1.43 bits per heavy atom. The number of hydrazine groups is 1. The van der Waals surface area contributed by atoms with Crippen molar-refractivity contribution in [3.8, 4) is 0 Å². The Hall–Kier alpha value is -1.70. The van der Waals surface area contributed by atoms with Crippen LogP contribution in [0, 0.1) is 0 Å². The lowest BCUT2D eigenvalue weighted by atomic mass is 10.1. The number of imidazole rings is 1. The molecule has 0 saturated carbocycles. The van der Waals surface area contributed by atoms with E-state index < -0.39 is 0 Å². The van der Waals surface area contributed by atoms with Gasteiger partial charge in [0.15, 0.2) is 0 Å². The molecule has 0 bridgehead atoms. The van der Waals surface area contributed by atoms with Crippen LogP contribution in [-0.2, 0) is 19.6 Å². The Balaban J connectivity index is 1.72. The van der Waals surface area contributed by atoms with Gasteiger partial charge < -0.3 is 4.57 Å². The first-order valence-electron chi connectivity index (χ1n) is 6.69. The summed E-state index contributed by atoms with van der Waals surface area (Å²) in [6, 6.07) is 5.53. The van der Waals surface area contributed by atoms with Crippen molar-refractivity contribution in [3.63, 3.8) is 0 Å². The second kappa shape index (κ2) is 5.97. The number of hydrogen-bond donors (Lipinski definition) is 2. The summed E-state index contributed by atoms with van der Waals surface area (Å²) < 4.78 is 3.10. The van der Waals surface area contributed by atoms with Gasteiger partial charge in [-0.25, -0.2) is 10.8 Å². The molecule has 0 atom stereocenters. The number of halogens is 1. The maximum Gasteiger partial charge on any atom is 0.265 e. The second-order valence-electron chi connectivity index (χ2n) is 5.03. The molecule has 0 radical (unpaired) electrons. The molecule has 1 aromatic carbocycles. The van der Waals surface area contributed by atoms with E-state index in [2.05, 4.69) is 35.8 Å². The highest BCUT2D eigenvalue weighted by molar-refractivity contribution is 9.10. The number of amides is 1. The molecule has 0 unspecified atom stereocenters. The number of nitrogens with one attached hydrogen (secondary N) is 1. The van der Waals surface area contributed by atoms with Crippen molar-refractivity contribution in [2.45, 2.75) is 19.6 Å². The van der Waals surface area contributed by atoms with Crippen LogP contribution in [0.15, 0.2) is 35.1 Å². The summed E-state index contributed by atoms with van der Waals surface area (Å²) in [6.07, 6.45) is 3.86. The summed E-state index contributed by atoms with van der Waals surface area (Å²) in [5, 5.41) is 0. The first-order valence-corrected chi connectivity index (χ1v) is 7.48. The molecule has 1 amide bonds. The van der Waals surface area contributed by atoms with Gasteiger partial charge in [-0.15, -0.1) is 0 Å². The number of aromatic nitrogens is 2. The van der Waals surface area contributed by atoms with Gasteiger partial charge in [-0.05, 0) is 17.7 Å². The van der Waals surface area contributed by atoms with Gasteiger partial charge in [0, 0.05) is 42.1 Å². The van der Waals surface area contributed by atoms with E-state index in [1.807, 2.05) is 18.5 Å². The van der Waals surface area contributed by atoms with Crippen molar-refractivity contribution < 1.29 is 4.79 Å². The van der Waals surface area contributed by atoms with Crippen molar-refractivity contribution in [1.29, 1.82) is 0 Å². The normalized spacial score (nSPS) is 14.8. The molecule has 6 nitrogen and oxygen atoms in total. The van der Waals surface area contributed by atoms with Crippen molar-refractivity contribution in [2.75, 3.05) is 6.54 Å². The maximum atomic E-state index is 11.5. The number of benzene rings is 1. The van der Waals surface area contributed by atoms with E-state index in [1.165, 1.54) is 0 Å². The largest absolute Gasteiger partial charge is 0.333 e. The Bertz CT molecular complexity index is 669. The predicted molar refractivity (Wildman–Crippen MR) is 82.1 cm³/mol. The predicted octanol–water partition coefficient (Wildman–Crippen LogP) is 1.26. The number of rotatable bonds is 3. The van der Waals surface area contributed by atoms with Gasteiger partial charge in [0.2, 0.25) is 0 Å². The zero-order valence-corrected chi connectivity index (χ0v) is 13.0. The van der Waals surface area contributed by atoms with Crippen LogP contribution in [0.3, 0.4) is 0 Å². The summed E-state index contributed by atoms with van der Waals surface area (Å²) in [4.78, 5) is 18.2. The third kappa shape index (κ3) is 2.99. The van der Waals surface area contributed by atoms with Gasteiger partial charge in [-0.2, -0.15) is 0 Å². The molecule has 21 heavy (non-hydrogen) atoms. The van der Waals surface area contributed by atoms with E-state index in [1.54, 1.807) is 12.1 Å². The minimum absolute atomic E-state index is 0.290. The van der Waals surface area contributed by atoms with E-state index in [0.29, 0.717) is 5.56 Å². The molecular weight excluding hydrogens is 334 g/mol. The Morgan fingerprint density at radius 3 is 3.05 bits per heavy atom. The van der Waals surface area contributed by atoms with Crippen molar-refractivity contribution in [2.24, 2.45) is 5.84 Å². The Labute approximate surface area is 131 Å². The highest BCUT2D eigenvalue weighted by Crippen LogP contribution is 2.22. The molecule has 0 fully saturated rings. The molecule has 3 N–H and O–H groups in total. The fourth-order valence-electron chi connectivity index (χ4n) is 2.50. The summed E-state index contributed by atoms with van der Waals surface area (Å²) in [7, 11) is 0. The Kier molecular flexibility index (Phi) is 4.05. The Morgan fingerprint density at radius 2 is 2.29 bits per heavy atom. The van der Waals surface area contributed by atoms with Crippen molar-refractivity contribution in [3.05, 3.63) is 52.0 Å². The summed E-state index contributed by atoms with van der Waals surface area (Å²) in [5.74, 6) is 5.95. The molecule has 1 aliphatic rings. The first-order chi connectivity index (χ1) is 10.2. The number of nitrogens with zero attached hydrogens (tertiary/aromatic N) is 3. The van der Waals surface area contributed by atoms with Crippen LogP contribution < -0.4 is 11.3 Å². The third-order valence-corrected chi connectivity index (χ3v) is 4.40. The van der Waals surface area contributed by atoms with E-state index in [9.17, 15) is 4.79 Å². The van der Waals surface area contributed by atoms with Crippen LogP contribution in [0.2, 0.25) is 0 Å². The number of nitrogens with two attached hydrogens (primary N) is 1. The SMILES string of the molecule is NNC(=O)c1ccc(CN2CCn3ccnc3C2)c(Br)c1. The lowest BCUT2D eigenvalue weighted by Crippen LogP contribution is -2.33. The lowest BCUT2D eigenvalue weighted by molar-refractivity contribution is 0.0953. The lowest BCUT2D eigenvalue weighted by Gasteiger charge is -2.27. The molecule has 1 aromatic heterocycles. The molecule has 0 spiro atoms. The average molecular weight is 350 g/mol. The molecule has 7 heteroatoms. The fraction of sp³-hybridized carbons (Fsp3) is 0.286. The highest BCUT2D eigenvalue weighted by Gasteiger charge is 2.17. The molecular formula is C14H16BrN5O. The smallest absolute Gasteiger partial charge is 0.265 e. The van der Waals surface area contributed by atoms with Gasteiger partial charge in [0.1, 0.15) is 5.82 Å². The van der Waals surface area contributed by atoms with Crippen molar-refractivity contribution >= 4 is 21.8 Å². The van der Waals surface area contributed by atoms with Crippen LogP contribution in [0.25, 0.3) is 0 Å². The third-order valence-electron chi connectivity index (χ3n) is 3.66. The van der Waals surface area contributed by atoms with Crippen LogP contribution in [0.5, 0.6) is 0 Å². The van der Waals surface area contributed by atoms with E-state index in [0.717, 1.165) is 42.0 Å². The fourth-order valence-corrected chi connectivity index (χ4v) is 3.00. The van der Waals surface area contributed by atoms with Crippen LogP contribution >= 0.6 is 15.9 Å². The number of hydrogen-bond acceptors (Lipinski definition) is 4. The van der Waals surface area contributed by atoms with Crippen LogP contribution in [-0.4, -0.2) is 26.9 Å². The van der Waals surface area contributed by atoms with E-state index >= 15 is 0 Å². The minimum atomic E-state index is -0.290. The zero-order valence-electron chi connectivity index (χ0n) is 11.4. The van der Waals surface area contributed by atoms with Gasteiger partial charge in [0.05, 0.1) is 6.54 Å². The van der Waals surface area contributed by atoms with E-state index in [4.69, 9.17) is 5.84 Å². The standard InChI is InChI=1S/C14H16BrN5O/c15-12-7-10(14(21)18-16)1-2-11(12)8-19-5-6-20-4-3-17-13(20)9-19/h1-4,7H,5-6,8-9,16H2,(H,18,21). The maximum absolute atomic E-state index is 11.5. The van der Waals surface area contributed by atoms with Crippen molar-refractivity contribution in [1.82, 2.24) is 19.9 Å². The number of carbonyl (C=O) groups excluding carboxylic acids is 1. The monoisotopic (exact) mass is 349 g/mol. The molecule has 0 saturated heterocycles. The summed E-state index contributed by atoms with van der Waals surface area (Å²) in [5.41, 5.74) is 3.82. The number of carbonyl (C=O) groups is 1. The molecule has 110 valence electrons. The average Bonchev–Trinajstić information content (AvgIpc) is 2.96. The molecule has 1 aliphatic heterocycles. The van der Waals surface area contributed by atoms with Crippen LogP contribution in [0.4, 0.5) is 0 Å². The van der Waals surface area contributed by atoms with E-state index in [-0.39, 0.29) is 5.91 Å². The molecule has 2 aromatic rings. The summed E-state index contributed by atoms with van der Waals surface area (Å²) in [6.45, 7) is 3.60. The van der Waals surface area contributed by atoms with Gasteiger partial charge in [-0.3, -0.25) is 15.1 Å². The van der Waals surface area contributed by atoms with Gasteiger partial charge in [0.25, 0.3) is 5.91 Å². The topological polar surface area (TPSA) is 76.2 Å². The van der Waals surface area contributed by atoms with Gasteiger partial charge in [-0.1, -0.05) is 22.0 Å². The number of nitrogen functional groups attached to an aromatic ring is 1. The summed E-state index contributed by atoms with van der Waals surface area (Å²) >= 11 is 3.53. The minimum Gasteiger partial charge on any atom is -0.333 e. The quantitative estimate of drug-likeness (QED) is 0.497. The highest BCUT2D eigenvalue weighted by atomic mass is 79.9. The molecule has 2 heterocycles. The first kappa shape index (κ1) is 14.2. The number of fused-ring (bicyclic) bond motifs is 1. The van der Waals surface area contributed by atoms with Crippen LogP contribution in [0.1, 0.15) is 21.7 Å². The molecule has 0 aliphatic carbocycles. The molecule has 3 rings (SSSR count). The zero-order chi connectivity index (χ0) is 14.8. The second-order valence-corrected chi connectivity index (χ2v) is 5.88.